The zero-order chi connectivity index (χ0) is 10.1. The lowest BCUT2D eigenvalue weighted by Gasteiger charge is -2.49. The average molecular weight is 184 g/mol. The Labute approximate surface area is 80.1 Å². The van der Waals surface area contributed by atoms with Crippen molar-refractivity contribution in [1.29, 1.82) is 0 Å². The van der Waals surface area contributed by atoms with Crippen molar-refractivity contribution in [2.24, 2.45) is 17.6 Å². The summed E-state index contributed by atoms with van der Waals surface area (Å²) in [6.07, 6.45) is 2.65. The normalized spacial score (nSPS) is 33.1. The number of amides is 1. The predicted molar refractivity (Wildman–Crippen MR) is 53.2 cm³/mol. The van der Waals surface area contributed by atoms with Crippen molar-refractivity contribution in [3.8, 4) is 0 Å². The number of rotatable bonds is 4. The molecule has 0 saturated heterocycles. The molecule has 0 aromatic rings. The first-order valence-electron chi connectivity index (χ1n) is 4.96. The van der Waals surface area contributed by atoms with Crippen LogP contribution in [0.15, 0.2) is 0 Å². The van der Waals surface area contributed by atoms with Crippen LogP contribution in [0, 0.1) is 11.8 Å². The van der Waals surface area contributed by atoms with E-state index >= 15 is 0 Å². The largest absolute Gasteiger partial charge is 0.370 e. The fourth-order valence-corrected chi connectivity index (χ4v) is 2.19. The molecule has 3 N–H and O–H groups in total. The van der Waals surface area contributed by atoms with Crippen molar-refractivity contribution in [2.75, 3.05) is 7.05 Å². The minimum atomic E-state index is -0.198. The van der Waals surface area contributed by atoms with Crippen LogP contribution in [0.25, 0.3) is 0 Å². The first-order chi connectivity index (χ1) is 5.99. The van der Waals surface area contributed by atoms with E-state index in [4.69, 9.17) is 5.73 Å². The van der Waals surface area contributed by atoms with Crippen LogP contribution in [0.3, 0.4) is 0 Å². The van der Waals surface area contributed by atoms with E-state index in [1.54, 1.807) is 0 Å². The average Bonchev–Trinajstić information content (AvgIpc) is 1.94. The summed E-state index contributed by atoms with van der Waals surface area (Å²) in [5.41, 5.74) is 5.22. The van der Waals surface area contributed by atoms with Crippen molar-refractivity contribution in [2.45, 2.75) is 38.6 Å². The first-order valence-corrected chi connectivity index (χ1v) is 4.96. The fourth-order valence-electron chi connectivity index (χ4n) is 2.19. The lowest BCUT2D eigenvalue weighted by molar-refractivity contribution is -0.121. The first kappa shape index (κ1) is 10.5. The summed E-state index contributed by atoms with van der Waals surface area (Å²) >= 11 is 0. The van der Waals surface area contributed by atoms with E-state index < -0.39 is 0 Å². The van der Waals surface area contributed by atoms with Crippen molar-refractivity contribution in [3.05, 3.63) is 0 Å². The van der Waals surface area contributed by atoms with E-state index in [1.807, 2.05) is 7.05 Å². The van der Waals surface area contributed by atoms with Gasteiger partial charge in [0.15, 0.2) is 0 Å². The third-order valence-electron chi connectivity index (χ3n) is 3.29. The standard InChI is InChI=1S/C10H20N2O/c1-7(2)8-4-10(5-8,12-3)6-9(11)13/h7-8,12H,4-6H2,1-3H3,(H2,11,13). The van der Waals surface area contributed by atoms with Gasteiger partial charge in [-0.05, 0) is 31.7 Å². The highest BCUT2D eigenvalue weighted by atomic mass is 16.1. The third kappa shape index (κ3) is 2.21. The van der Waals surface area contributed by atoms with Crippen molar-refractivity contribution in [1.82, 2.24) is 5.32 Å². The molecule has 0 radical (unpaired) electrons. The molecule has 1 amide bonds. The Morgan fingerprint density at radius 2 is 2.15 bits per heavy atom. The van der Waals surface area contributed by atoms with Crippen LogP contribution in [-0.4, -0.2) is 18.5 Å². The van der Waals surface area contributed by atoms with Gasteiger partial charge in [0.05, 0.1) is 0 Å². The molecule has 3 heteroatoms. The molecule has 1 saturated carbocycles. The van der Waals surface area contributed by atoms with E-state index in [0.717, 1.165) is 18.8 Å². The Balaban J connectivity index is 2.45. The van der Waals surface area contributed by atoms with Gasteiger partial charge in [-0.3, -0.25) is 4.79 Å². The lowest BCUT2D eigenvalue weighted by atomic mass is 9.62. The van der Waals surface area contributed by atoms with E-state index in [1.165, 1.54) is 0 Å². The van der Waals surface area contributed by atoms with Crippen LogP contribution in [-0.2, 0) is 4.79 Å². The van der Waals surface area contributed by atoms with Gasteiger partial charge in [-0.1, -0.05) is 13.8 Å². The molecule has 1 aliphatic rings. The molecule has 1 rings (SSSR count). The molecule has 0 heterocycles. The topological polar surface area (TPSA) is 55.1 Å². The third-order valence-corrected chi connectivity index (χ3v) is 3.29. The molecule has 1 fully saturated rings. The Bertz CT molecular complexity index is 195. The Morgan fingerprint density at radius 3 is 2.46 bits per heavy atom. The number of nitrogens with two attached hydrogens (primary N) is 1. The number of primary amides is 1. The summed E-state index contributed by atoms with van der Waals surface area (Å²) in [6.45, 7) is 4.46. The molecular formula is C10H20N2O. The maximum absolute atomic E-state index is 10.8. The Hall–Kier alpha value is -0.570. The number of hydrogen-bond donors (Lipinski definition) is 2. The van der Waals surface area contributed by atoms with E-state index in [-0.39, 0.29) is 11.4 Å². The molecule has 0 bridgehead atoms. The molecular weight excluding hydrogens is 164 g/mol. The van der Waals surface area contributed by atoms with E-state index in [0.29, 0.717) is 12.3 Å². The molecule has 0 spiro atoms. The number of hydrogen-bond acceptors (Lipinski definition) is 2. The smallest absolute Gasteiger partial charge is 0.219 e. The van der Waals surface area contributed by atoms with Crippen LogP contribution in [0.4, 0.5) is 0 Å². The van der Waals surface area contributed by atoms with Gasteiger partial charge in [0.1, 0.15) is 0 Å². The van der Waals surface area contributed by atoms with Gasteiger partial charge in [0, 0.05) is 12.0 Å². The summed E-state index contributed by atoms with van der Waals surface area (Å²) in [4.78, 5) is 10.8. The van der Waals surface area contributed by atoms with Crippen molar-refractivity contribution < 1.29 is 4.79 Å². The van der Waals surface area contributed by atoms with Gasteiger partial charge in [-0.15, -0.1) is 0 Å². The van der Waals surface area contributed by atoms with Gasteiger partial charge in [0.2, 0.25) is 5.91 Å². The summed E-state index contributed by atoms with van der Waals surface area (Å²) in [6, 6.07) is 0. The summed E-state index contributed by atoms with van der Waals surface area (Å²) in [5, 5.41) is 3.23. The second kappa shape index (κ2) is 3.66. The molecule has 0 aliphatic heterocycles. The maximum Gasteiger partial charge on any atom is 0.219 e. The number of nitrogens with one attached hydrogen (secondary N) is 1. The van der Waals surface area contributed by atoms with Crippen LogP contribution < -0.4 is 11.1 Å². The highest BCUT2D eigenvalue weighted by molar-refractivity contribution is 5.75. The van der Waals surface area contributed by atoms with Crippen LogP contribution in [0.2, 0.25) is 0 Å². The van der Waals surface area contributed by atoms with Gasteiger partial charge in [-0.2, -0.15) is 0 Å². The molecule has 0 unspecified atom stereocenters. The Morgan fingerprint density at radius 1 is 1.62 bits per heavy atom. The highest BCUT2D eigenvalue weighted by Crippen LogP contribution is 2.43. The van der Waals surface area contributed by atoms with Crippen LogP contribution in [0.1, 0.15) is 33.1 Å². The molecule has 0 aromatic carbocycles. The quantitative estimate of drug-likeness (QED) is 0.681. The van der Waals surface area contributed by atoms with E-state index in [9.17, 15) is 4.79 Å². The molecule has 1 aliphatic carbocycles. The minimum Gasteiger partial charge on any atom is -0.370 e. The van der Waals surface area contributed by atoms with Gasteiger partial charge >= 0.3 is 0 Å². The number of carbonyl (C=O) groups is 1. The molecule has 3 nitrogen and oxygen atoms in total. The van der Waals surface area contributed by atoms with Crippen LogP contribution >= 0.6 is 0 Å². The summed E-state index contributed by atoms with van der Waals surface area (Å²) in [5.74, 6) is 1.28. The van der Waals surface area contributed by atoms with Crippen molar-refractivity contribution in [3.63, 3.8) is 0 Å². The predicted octanol–water partition coefficient (Wildman–Crippen LogP) is 0.886. The maximum atomic E-state index is 10.8. The molecule has 0 aromatic heterocycles. The van der Waals surface area contributed by atoms with E-state index in [2.05, 4.69) is 19.2 Å². The molecule has 76 valence electrons. The SMILES string of the molecule is CNC1(CC(N)=O)CC(C(C)C)C1. The minimum absolute atomic E-state index is 0.0147. The van der Waals surface area contributed by atoms with Gasteiger partial charge in [-0.25, -0.2) is 0 Å². The highest BCUT2D eigenvalue weighted by Gasteiger charge is 2.44. The zero-order valence-corrected chi connectivity index (χ0v) is 8.76. The lowest BCUT2D eigenvalue weighted by Crippen LogP contribution is -2.56. The van der Waals surface area contributed by atoms with Gasteiger partial charge in [0.25, 0.3) is 0 Å². The van der Waals surface area contributed by atoms with Crippen molar-refractivity contribution >= 4 is 5.91 Å². The monoisotopic (exact) mass is 184 g/mol. The number of carbonyl (C=O) groups excluding carboxylic acids is 1. The molecule has 13 heavy (non-hydrogen) atoms. The fraction of sp³-hybridized carbons (Fsp3) is 0.900. The van der Waals surface area contributed by atoms with Crippen LogP contribution in [0.5, 0.6) is 0 Å². The van der Waals surface area contributed by atoms with Gasteiger partial charge < -0.3 is 11.1 Å². The second-order valence-corrected chi connectivity index (χ2v) is 4.59. The Kier molecular flexibility index (Phi) is 2.96. The summed E-state index contributed by atoms with van der Waals surface area (Å²) in [7, 11) is 1.92. The zero-order valence-electron chi connectivity index (χ0n) is 8.76. The second-order valence-electron chi connectivity index (χ2n) is 4.59. The summed E-state index contributed by atoms with van der Waals surface area (Å²) < 4.78 is 0. The molecule has 0 atom stereocenters.